The third-order valence-electron chi connectivity index (χ3n) is 3.16. The Balaban J connectivity index is 2.23. The minimum atomic E-state index is -3.62. The lowest BCUT2D eigenvalue weighted by molar-refractivity contribution is -0.114. The molecule has 1 amide bonds. The van der Waals surface area contributed by atoms with Crippen LogP contribution in [0.3, 0.4) is 0 Å². The lowest BCUT2D eigenvalue weighted by atomic mass is 10.3. The van der Waals surface area contributed by atoms with E-state index in [1.807, 2.05) is 0 Å². The van der Waals surface area contributed by atoms with E-state index in [-0.39, 0.29) is 6.54 Å². The molecule has 0 aliphatic rings. The highest BCUT2D eigenvalue weighted by molar-refractivity contribution is 9.10. The average molecular weight is 413 g/mol. The van der Waals surface area contributed by atoms with Crippen molar-refractivity contribution in [3.63, 3.8) is 0 Å². The number of methoxy groups -OCH3 is 1. The second-order valence-electron chi connectivity index (χ2n) is 5.00. The lowest BCUT2D eigenvalue weighted by Crippen LogP contribution is -2.37. The van der Waals surface area contributed by atoms with Crippen molar-refractivity contribution in [1.29, 1.82) is 0 Å². The standard InChI is InChI=1S/C16H17BrN2O4S/c1-23-15-9-4-3-8-14(15)18-16(20)11-19(24(2,21)22)13-7-5-6-12(17)10-13/h3-10H,11H2,1-2H3,(H,18,20). The predicted molar refractivity (Wildman–Crippen MR) is 98.0 cm³/mol. The van der Waals surface area contributed by atoms with Crippen LogP contribution < -0.4 is 14.4 Å². The number of anilines is 2. The molecule has 0 aliphatic carbocycles. The van der Waals surface area contributed by atoms with Crippen LogP contribution in [0.4, 0.5) is 11.4 Å². The average Bonchev–Trinajstić information content (AvgIpc) is 2.52. The maximum absolute atomic E-state index is 12.3. The summed E-state index contributed by atoms with van der Waals surface area (Å²) >= 11 is 3.30. The first-order valence-electron chi connectivity index (χ1n) is 6.97. The van der Waals surface area contributed by atoms with Gasteiger partial charge in [-0.15, -0.1) is 0 Å². The summed E-state index contributed by atoms with van der Waals surface area (Å²) in [6, 6.07) is 13.7. The minimum Gasteiger partial charge on any atom is -0.495 e. The molecule has 0 heterocycles. The van der Waals surface area contributed by atoms with E-state index in [1.165, 1.54) is 7.11 Å². The fraction of sp³-hybridized carbons (Fsp3) is 0.188. The Morgan fingerprint density at radius 2 is 1.92 bits per heavy atom. The number of sulfonamides is 1. The van der Waals surface area contributed by atoms with Crippen molar-refractivity contribution in [3.8, 4) is 5.75 Å². The molecule has 6 nitrogen and oxygen atoms in total. The Kier molecular flexibility index (Phi) is 5.84. The molecule has 0 saturated heterocycles. The molecule has 2 rings (SSSR count). The van der Waals surface area contributed by atoms with Crippen LogP contribution in [-0.4, -0.2) is 34.2 Å². The van der Waals surface area contributed by atoms with Crippen LogP contribution in [0.2, 0.25) is 0 Å². The zero-order valence-corrected chi connectivity index (χ0v) is 15.6. The van der Waals surface area contributed by atoms with Crippen LogP contribution in [0.25, 0.3) is 0 Å². The second kappa shape index (κ2) is 7.67. The number of hydrogen-bond acceptors (Lipinski definition) is 4. The predicted octanol–water partition coefficient (Wildman–Crippen LogP) is 2.86. The zero-order chi connectivity index (χ0) is 17.7. The topological polar surface area (TPSA) is 75.7 Å². The second-order valence-corrected chi connectivity index (χ2v) is 7.82. The Bertz CT molecular complexity index is 839. The number of ether oxygens (including phenoxy) is 1. The molecule has 24 heavy (non-hydrogen) atoms. The number of hydrogen-bond donors (Lipinski definition) is 1. The largest absolute Gasteiger partial charge is 0.495 e. The molecule has 0 unspecified atom stereocenters. The lowest BCUT2D eigenvalue weighted by Gasteiger charge is -2.22. The quantitative estimate of drug-likeness (QED) is 0.791. The summed E-state index contributed by atoms with van der Waals surface area (Å²) in [5.41, 5.74) is 0.884. The highest BCUT2D eigenvalue weighted by atomic mass is 79.9. The van der Waals surface area contributed by atoms with Crippen LogP contribution in [0.15, 0.2) is 53.0 Å². The van der Waals surface area contributed by atoms with Gasteiger partial charge in [0.15, 0.2) is 0 Å². The van der Waals surface area contributed by atoms with Gasteiger partial charge >= 0.3 is 0 Å². The monoisotopic (exact) mass is 412 g/mol. The van der Waals surface area contributed by atoms with Gasteiger partial charge in [0.2, 0.25) is 15.9 Å². The van der Waals surface area contributed by atoms with Crippen LogP contribution in [0.1, 0.15) is 0 Å². The van der Waals surface area contributed by atoms with Crippen LogP contribution in [0, 0.1) is 0 Å². The number of halogens is 1. The molecule has 0 atom stereocenters. The van der Waals surface area contributed by atoms with E-state index < -0.39 is 15.9 Å². The Morgan fingerprint density at radius 1 is 1.21 bits per heavy atom. The number of carbonyl (C=O) groups is 1. The molecule has 0 spiro atoms. The molecule has 0 fully saturated rings. The van der Waals surface area contributed by atoms with Gasteiger partial charge in [0.25, 0.3) is 0 Å². The third-order valence-corrected chi connectivity index (χ3v) is 4.80. The highest BCUT2D eigenvalue weighted by Gasteiger charge is 2.21. The van der Waals surface area contributed by atoms with Gasteiger partial charge in [0.05, 0.1) is 24.7 Å². The summed E-state index contributed by atoms with van der Waals surface area (Å²) in [7, 11) is -2.12. The fourth-order valence-electron chi connectivity index (χ4n) is 2.10. The van der Waals surface area contributed by atoms with E-state index in [0.717, 1.165) is 15.0 Å². The normalized spacial score (nSPS) is 11.0. The maximum atomic E-state index is 12.3. The number of amides is 1. The van der Waals surface area contributed by atoms with E-state index in [4.69, 9.17) is 4.74 Å². The van der Waals surface area contributed by atoms with E-state index in [9.17, 15) is 13.2 Å². The highest BCUT2D eigenvalue weighted by Crippen LogP contribution is 2.24. The van der Waals surface area contributed by atoms with Crippen molar-refractivity contribution in [2.75, 3.05) is 29.5 Å². The van der Waals surface area contributed by atoms with Crippen LogP contribution in [-0.2, 0) is 14.8 Å². The Morgan fingerprint density at radius 3 is 2.54 bits per heavy atom. The summed E-state index contributed by atoms with van der Waals surface area (Å²) in [5, 5.41) is 2.67. The van der Waals surface area contributed by atoms with Gasteiger partial charge in [-0.2, -0.15) is 0 Å². The van der Waals surface area contributed by atoms with Crippen molar-refractivity contribution in [1.82, 2.24) is 0 Å². The third kappa shape index (κ3) is 4.72. The van der Waals surface area contributed by atoms with Gasteiger partial charge < -0.3 is 10.1 Å². The summed E-state index contributed by atoms with van der Waals surface area (Å²) in [6.07, 6.45) is 1.06. The summed E-state index contributed by atoms with van der Waals surface area (Å²) in [4.78, 5) is 12.3. The maximum Gasteiger partial charge on any atom is 0.245 e. The van der Waals surface area contributed by atoms with Crippen molar-refractivity contribution in [2.24, 2.45) is 0 Å². The van der Waals surface area contributed by atoms with Gasteiger partial charge in [-0.05, 0) is 30.3 Å². The molecule has 0 aromatic heterocycles. The SMILES string of the molecule is COc1ccccc1NC(=O)CN(c1cccc(Br)c1)S(C)(=O)=O. The number of carbonyl (C=O) groups excluding carboxylic acids is 1. The molecular weight excluding hydrogens is 396 g/mol. The van der Waals surface area contributed by atoms with Crippen molar-refractivity contribution in [2.45, 2.75) is 0 Å². The number of benzene rings is 2. The van der Waals surface area contributed by atoms with Gasteiger partial charge in [-0.25, -0.2) is 8.42 Å². The van der Waals surface area contributed by atoms with E-state index in [2.05, 4.69) is 21.2 Å². The molecule has 128 valence electrons. The summed E-state index contributed by atoms with van der Waals surface area (Å²) < 4.78 is 31.1. The molecule has 2 aromatic rings. The van der Waals surface area contributed by atoms with Crippen molar-refractivity contribution < 1.29 is 17.9 Å². The van der Waals surface area contributed by atoms with Crippen LogP contribution >= 0.6 is 15.9 Å². The van der Waals surface area contributed by atoms with Gasteiger partial charge in [-0.3, -0.25) is 9.10 Å². The number of rotatable bonds is 6. The molecule has 1 N–H and O–H groups in total. The first-order chi connectivity index (χ1) is 11.3. The molecule has 8 heteroatoms. The van der Waals surface area contributed by atoms with E-state index >= 15 is 0 Å². The van der Waals surface area contributed by atoms with Gasteiger partial charge in [0.1, 0.15) is 12.3 Å². The van der Waals surface area contributed by atoms with Crippen LogP contribution in [0.5, 0.6) is 5.75 Å². The molecule has 0 saturated carbocycles. The zero-order valence-electron chi connectivity index (χ0n) is 13.2. The molecule has 0 radical (unpaired) electrons. The number of nitrogens with zero attached hydrogens (tertiary/aromatic N) is 1. The molecule has 0 aliphatic heterocycles. The van der Waals surface area contributed by atoms with Crippen molar-refractivity contribution in [3.05, 3.63) is 53.0 Å². The molecular formula is C16H17BrN2O4S. The summed E-state index contributed by atoms with van der Waals surface area (Å²) in [5.74, 6) is 0.0316. The van der Waals surface area contributed by atoms with E-state index in [0.29, 0.717) is 17.1 Å². The minimum absolute atomic E-state index is 0.340. The molecule has 2 aromatic carbocycles. The van der Waals surface area contributed by atoms with E-state index in [1.54, 1.807) is 48.5 Å². The number of para-hydroxylation sites is 2. The van der Waals surface area contributed by atoms with Gasteiger partial charge in [-0.1, -0.05) is 34.1 Å². The first kappa shape index (κ1) is 18.3. The Labute approximate surface area is 149 Å². The van der Waals surface area contributed by atoms with Gasteiger partial charge in [0, 0.05) is 4.47 Å². The Hall–Kier alpha value is -2.06. The first-order valence-corrected chi connectivity index (χ1v) is 9.61. The molecule has 0 bridgehead atoms. The van der Waals surface area contributed by atoms with Crippen molar-refractivity contribution >= 4 is 43.2 Å². The smallest absolute Gasteiger partial charge is 0.245 e. The number of nitrogens with one attached hydrogen (secondary N) is 1. The summed E-state index contributed by atoms with van der Waals surface area (Å²) in [6.45, 7) is -0.340. The fourth-order valence-corrected chi connectivity index (χ4v) is 3.33.